The van der Waals surface area contributed by atoms with Crippen LogP contribution in [0.5, 0.6) is 0 Å². The number of benzene rings is 3. The van der Waals surface area contributed by atoms with Gasteiger partial charge < -0.3 is 0 Å². The van der Waals surface area contributed by atoms with Crippen LogP contribution in [0.3, 0.4) is 0 Å². The molecule has 1 nitrogen and oxygen atoms in total. The molecule has 158 valence electrons. The lowest BCUT2D eigenvalue weighted by atomic mass is 10.0. The highest BCUT2D eigenvalue weighted by Crippen LogP contribution is 2.18. The van der Waals surface area contributed by atoms with Crippen molar-refractivity contribution in [2.75, 3.05) is 0 Å². The third-order valence-corrected chi connectivity index (χ3v) is 4.77. The zero-order chi connectivity index (χ0) is 22.4. The molecule has 0 N–H and O–H groups in total. The molecule has 0 amide bonds. The van der Waals surface area contributed by atoms with Crippen LogP contribution >= 0.6 is 15.9 Å². The van der Waals surface area contributed by atoms with E-state index in [2.05, 4.69) is 109 Å². The van der Waals surface area contributed by atoms with Gasteiger partial charge in [-0.2, -0.15) is 0 Å². The van der Waals surface area contributed by atoms with Crippen LogP contribution in [0.4, 0.5) is 0 Å². The Morgan fingerprint density at radius 3 is 2.03 bits per heavy atom. The molecule has 0 saturated heterocycles. The van der Waals surface area contributed by atoms with Crippen LogP contribution in [0, 0.1) is 6.92 Å². The first kappa shape index (κ1) is 25.6. The SMILES string of the molecule is C/C(=C\C(=NCc1ccccc1)c1ccc(Br)cc1)c1cccc(C)c1.CC.CC. The Morgan fingerprint density at radius 1 is 0.800 bits per heavy atom. The average molecular weight is 464 g/mol. The molecule has 2 heteroatoms. The van der Waals surface area contributed by atoms with Gasteiger partial charge in [-0.05, 0) is 54.3 Å². The standard InChI is InChI=1S/C24H22BrN.2C2H6/c1-18-7-6-10-22(15-18)19(2)16-24(21-11-13-23(25)14-12-21)26-17-20-8-4-3-5-9-20;2*1-2/h3-16H,17H2,1-2H3;2*1-2H3/b19-16+,26-24?;;. The van der Waals surface area contributed by atoms with Gasteiger partial charge in [0.1, 0.15) is 0 Å². The van der Waals surface area contributed by atoms with Crippen molar-refractivity contribution < 1.29 is 0 Å². The van der Waals surface area contributed by atoms with E-state index < -0.39 is 0 Å². The molecule has 0 aliphatic heterocycles. The van der Waals surface area contributed by atoms with E-state index >= 15 is 0 Å². The molecule has 0 spiro atoms. The summed E-state index contributed by atoms with van der Waals surface area (Å²) < 4.78 is 1.07. The Labute approximate surface area is 191 Å². The number of nitrogens with zero attached hydrogens (tertiary/aromatic N) is 1. The molecule has 0 heterocycles. The summed E-state index contributed by atoms with van der Waals surface area (Å²) in [5.41, 5.74) is 7.04. The summed E-state index contributed by atoms with van der Waals surface area (Å²) in [6.45, 7) is 12.9. The lowest BCUT2D eigenvalue weighted by molar-refractivity contribution is 1.07. The quantitative estimate of drug-likeness (QED) is 0.334. The average Bonchev–Trinajstić information content (AvgIpc) is 2.80. The van der Waals surface area contributed by atoms with Gasteiger partial charge in [-0.15, -0.1) is 0 Å². The maximum atomic E-state index is 4.91. The lowest BCUT2D eigenvalue weighted by Crippen LogP contribution is -1.99. The Hall–Kier alpha value is -2.45. The Kier molecular flexibility index (Phi) is 12.4. The first-order valence-corrected chi connectivity index (χ1v) is 11.5. The number of hydrogen-bond donors (Lipinski definition) is 0. The third-order valence-electron chi connectivity index (χ3n) is 4.24. The molecular weight excluding hydrogens is 430 g/mol. The summed E-state index contributed by atoms with van der Waals surface area (Å²) in [7, 11) is 0. The fourth-order valence-corrected chi connectivity index (χ4v) is 3.04. The predicted octanol–water partition coefficient (Wildman–Crippen LogP) is 8.90. The second kappa shape index (κ2) is 14.5. The van der Waals surface area contributed by atoms with Gasteiger partial charge in [0.15, 0.2) is 0 Å². The molecule has 3 aromatic rings. The fraction of sp³-hybridized carbons (Fsp3) is 0.250. The van der Waals surface area contributed by atoms with Crippen molar-refractivity contribution in [1.82, 2.24) is 0 Å². The molecule has 30 heavy (non-hydrogen) atoms. The van der Waals surface area contributed by atoms with Gasteiger partial charge in [0.2, 0.25) is 0 Å². The van der Waals surface area contributed by atoms with Crippen LogP contribution in [0.2, 0.25) is 0 Å². The van der Waals surface area contributed by atoms with Gasteiger partial charge in [-0.1, -0.05) is 116 Å². The molecule has 0 saturated carbocycles. The first-order chi connectivity index (χ1) is 14.6. The van der Waals surface area contributed by atoms with E-state index in [1.807, 2.05) is 33.8 Å². The van der Waals surface area contributed by atoms with Crippen molar-refractivity contribution in [2.24, 2.45) is 4.99 Å². The Bertz CT molecular complexity index is 922. The topological polar surface area (TPSA) is 12.4 Å². The van der Waals surface area contributed by atoms with E-state index in [4.69, 9.17) is 4.99 Å². The van der Waals surface area contributed by atoms with Gasteiger partial charge in [0, 0.05) is 4.47 Å². The maximum absolute atomic E-state index is 4.91. The highest BCUT2D eigenvalue weighted by atomic mass is 79.9. The summed E-state index contributed by atoms with van der Waals surface area (Å²) in [6.07, 6.45) is 2.18. The van der Waals surface area contributed by atoms with E-state index in [9.17, 15) is 0 Å². The fourth-order valence-electron chi connectivity index (χ4n) is 2.78. The summed E-state index contributed by atoms with van der Waals surface area (Å²) in [4.78, 5) is 4.91. The monoisotopic (exact) mass is 463 g/mol. The summed E-state index contributed by atoms with van der Waals surface area (Å²) in [6, 6.07) is 27.3. The van der Waals surface area contributed by atoms with Crippen LogP contribution in [-0.2, 0) is 6.54 Å². The molecule has 0 aliphatic rings. The zero-order valence-electron chi connectivity index (χ0n) is 19.1. The minimum Gasteiger partial charge on any atom is -0.280 e. The summed E-state index contributed by atoms with van der Waals surface area (Å²) in [5, 5.41) is 0. The largest absolute Gasteiger partial charge is 0.280 e. The molecule has 0 radical (unpaired) electrons. The smallest absolute Gasteiger partial charge is 0.0653 e. The minimum atomic E-state index is 0.670. The predicted molar refractivity (Wildman–Crippen MR) is 138 cm³/mol. The highest BCUT2D eigenvalue weighted by Gasteiger charge is 2.04. The second-order valence-electron chi connectivity index (χ2n) is 6.39. The Morgan fingerprint density at radius 2 is 1.43 bits per heavy atom. The van der Waals surface area contributed by atoms with Crippen molar-refractivity contribution in [3.63, 3.8) is 0 Å². The molecule has 0 atom stereocenters. The van der Waals surface area contributed by atoms with E-state index in [0.717, 1.165) is 15.7 Å². The Balaban J connectivity index is 0.00000106. The maximum Gasteiger partial charge on any atom is 0.0653 e. The van der Waals surface area contributed by atoms with Gasteiger partial charge in [-0.3, -0.25) is 4.99 Å². The molecule has 0 aromatic heterocycles. The molecular formula is C28H34BrN. The van der Waals surface area contributed by atoms with Gasteiger partial charge in [0.25, 0.3) is 0 Å². The number of aliphatic imine (C=N–C) groups is 1. The van der Waals surface area contributed by atoms with Crippen molar-refractivity contribution in [3.8, 4) is 0 Å². The normalized spacial score (nSPS) is 11.0. The van der Waals surface area contributed by atoms with Crippen LogP contribution in [0.1, 0.15) is 56.9 Å². The molecule has 0 unspecified atom stereocenters. The van der Waals surface area contributed by atoms with Crippen molar-refractivity contribution >= 4 is 27.2 Å². The second-order valence-corrected chi connectivity index (χ2v) is 7.31. The number of rotatable bonds is 5. The number of halogens is 1. The van der Waals surface area contributed by atoms with E-state index in [-0.39, 0.29) is 0 Å². The van der Waals surface area contributed by atoms with Crippen LogP contribution in [0.15, 0.2) is 94.4 Å². The number of hydrogen-bond acceptors (Lipinski definition) is 1. The summed E-state index contributed by atoms with van der Waals surface area (Å²) >= 11 is 3.51. The van der Waals surface area contributed by atoms with Gasteiger partial charge in [-0.25, -0.2) is 0 Å². The van der Waals surface area contributed by atoms with Gasteiger partial charge in [0.05, 0.1) is 12.3 Å². The van der Waals surface area contributed by atoms with Crippen molar-refractivity contribution in [2.45, 2.75) is 48.1 Å². The van der Waals surface area contributed by atoms with E-state index in [1.54, 1.807) is 0 Å². The molecule has 0 aliphatic carbocycles. The first-order valence-electron chi connectivity index (χ1n) is 10.7. The zero-order valence-corrected chi connectivity index (χ0v) is 20.7. The molecule has 3 aromatic carbocycles. The molecule has 0 fully saturated rings. The van der Waals surface area contributed by atoms with Crippen molar-refractivity contribution in [3.05, 3.63) is 112 Å². The van der Waals surface area contributed by atoms with Crippen molar-refractivity contribution in [1.29, 1.82) is 0 Å². The van der Waals surface area contributed by atoms with Crippen LogP contribution in [-0.4, -0.2) is 5.71 Å². The van der Waals surface area contributed by atoms with Gasteiger partial charge >= 0.3 is 0 Å². The summed E-state index contributed by atoms with van der Waals surface area (Å²) in [5.74, 6) is 0. The number of aryl methyl sites for hydroxylation is 1. The van der Waals surface area contributed by atoms with E-state index in [1.165, 1.54) is 22.3 Å². The lowest BCUT2D eigenvalue weighted by Gasteiger charge is -2.07. The highest BCUT2D eigenvalue weighted by molar-refractivity contribution is 9.10. The van der Waals surface area contributed by atoms with E-state index in [0.29, 0.717) is 6.54 Å². The number of allylic oxidation sites excluding steroid dienone is 2. The minimum absolute atomic E-state index is 0.670. The van der Waals surface area contributed by atoms with Crippen LogP contribution < -0.4 is 0 Å². The molecule has 3 rings (SSSR count). The third kappa shape index (κ3) is 8.51. The molecule has 0 bridgehead atoms. The van der Waals surface area contributed by atoms with Crippen LogP contribution in [0.25, 0.3) is 5.57 Å².